The van der Waals surface area contributed by atoms with Gasteiger partial charge in [-0.05, 0) is 39.0 Å². The number of rotatable bonds is 10. The molecule has 0 amide bonds. The second-order valence-corrected chi connectivity index (χ2v) is 6.46. The molecule has 0 saturated carbocycles. The van der Waals surface area contributed by atoms with Crippen LogP contribution >= 0.6 is 0 Å². The van der Waals surface area contributed by atoms with Crippen molar-refractivity contribution in [1.29, 1.82) is 0 Å². The maximum atomic E-state index is 13.8. The van der Waals surface area contributed by atoms with Gasteiger partial charge in [0.1, 0.15) is 11.6 Å². The van der Waals surface area contributed by atoms with E-state index in [1.165, 1.54) is 12.2 Å². The van der Waals surface area contributed by atoms with E-state index in [0.29, 0.717) is 13.0 Å². The molecule has 1 heterocycles. The fraction of sp³-hybridized carbons (Fsp3) is 0.550. The molecule has 0 spiro atoms. The first-order valence-corrected chi connectivity index (χ1v) is 9.25. The number of aliphatic imine (C=N–C) groups is 1. The molecular formula is C20H33FN4O2. The Bertz CT molecular complexity index is 609. The van der Waals surface area contributed by atoms with Gasteiger partial charge in [-0.25, -0.2) is 4.39 Å². The van der Waals surface area contributed by atoms with Gasteiger partial charge in [-0.15, -0.1) is 0 Å². The van der Waals surface area contributed by atoms with Crippen molar-refractivity contribution in [2.75, 3.05) is 33.9 Å². The van der Waals surface area contributed by atoms with Gasteiger partial charge in [0.15, 0.2) is 0 Å². The van der Waals surface area contributed by atoms with Crippen molar-refractivity contribution in [3.05, 3.63) is 47.8 Å². The molecule has 0 aromatic rings. The molecule has 27 heavy (non-hydrogen) atoms. The summed E-state index contributed by atoms with van der Waals surface area (Å²) in [5, 5.41) is 15.8. The Morgan fingerprint density at radius 3 is 2.78 bits per heavy atom. The molecule has 152 valence electrons. The summed E-state index contributed by atoms with van der Waals surface area (Å²) in [5.41, 5.74) is 1.94. The van der Waals surface area contributed by atoms with Crippen molar-refractivity contribution in [3.8, 4) is 0 Å². The standard InChI is InChI=1S/C20H33FN4O2/c1-15(2)27-13-9-17(21)7-6-16(3)24-20(23-5)19-14-18(22-4)8-10-25(19)11-12-26/h6-10,15-16,23-24,26H,11-14H2,1-5H3/b7-6-,17-9+,20-19-,22-18?. The van der Waals surface area contributed by atoms with Crippen molar-refractivity contribution in [1.82, 2.24) is 15.5 Å². The number of ether oxygens (including phenoxy) is 1. The lowest BCUT2D eigenvalue weighted by atomic mass is 10.1. The third-order valence-electron chi connectivity index (χ3n) is 3.93. The van der Waals surface area contributed by atoms with E-state index in [1.807, 2.05) is 45.0 Å². The summed E-state index contributed by atoms with van der Waals surface area (Å²) in [4.78, 5) is 6.24. The normalized spacial score (nSPS) is 19.9. The van der Waals surface area contributed by atoms with Gasteiger partial charge < -0.3 is 25.4 Å². The summed E-state index contributed by atoms with van der Waals surface area (Å²) >= 11 is 0. The predicted octanol–water partition coefficient (Wildman–Crippen LogP) is 2.47. The van der Waals surface area contributed by atoms with Crippen LogP contribution in [0.5, 0.6) is 0 Å². The minimum atomic E-state index is -0.328. The van der Waals surface area contributed by atoms with E-state index >= 15 is 0 Å². The van der Waals surface area contributed by atoms with Gasteiger partial charge in [-0.3, -0.25) is 4.99 Å². The van der Waals surface area contributed by atoms with Gasteiger partial charge in [0.05, 0.1) is 25.0 Å². The van der Waals surface area contributed by atoms with Crippen molar-refractivity contribution in [2.24, 2.45) is 4.99 Å². The van der Waals surface area contributed by atoms with Crippen molar-refractivity contribution in [3.63, 3.8) is 0 Å². The number of β-amino-alcohol motifs (C(OH)–C–C–N with tert-alkyl or cyclic N) is 1. The van der Waals surface area contributed by atoms with Crippen molar-refractivity contribution >= 4 is 5.71 Å². The van der Waals surface area contributed by atoms with E-state index in [1.54, 1.807) is 13.1 Å². The van der Waals surface area contributed by atoms with Gasteiger partial charge in [0, 0.05) is 45.0 Å². The molecule has 0 saturated heterocycles. The Labute approximate surface area is 162 Å². The maximum Gasteiger partial charge on any atom is 0.121 e. The lowest BCUT2D eigenvalue weighted by molar-refractivity contribution is 0.102. The van der Waals surface area contributed by atoms with Crippen LogP contribution in [0.25, 0.3) is 0 Å². The molecule has 0 aromatic heterocycles. The number of hydrogen-bond acceptors (Lipinski definition) is 6. The Morgan fingerprint density at radius 2 is 2.19 bits per heavy atom. The molecule has 1 aliphatic rings. The van der Waals surface area contributed by atoms with Crippen LogP contribution in [-0.2, 0) is 4.74 Å². The van der Waals surface area contributed by atoms with Gasteiger partial charge in [-0.1, -0.05) is 6.08 Å². The molecule has 0 aromatic carbocycles. The Hall–Kier alpha value is -2.12. The van der Waals surface area contributed by atoms with Crippen molar-refractivity contribution < 1.29 is 14.2 Å². The zero-order valence-electron chi connectivity index (χ0n) is 17.0. The quantitative estimate of drug-likeness (QED) is 0.508. The highest BCUT2D eigenvalue weighted by atomic mass is 19.1. The summed E-state index contributed by atoms with van der Waals surface area (Å²) in [6, 6.07) is -0.103. The molecule has 1 rings (SSSR count). The van der Waals surface area contributed by atoms with E-state index < -0.39 is 0 Å². The van der Waals surface area contributed by atoms with E-state index in [9.17, 15) is 9.50 Å². The molecule has 1 unspecified atom stereocenters. The fourth-order valence-corrected chi connectivity index (χ4v) is 2.50. The van der Waals surface area contributed by atoms with Gasteiger partial charge >= 0.3 is 0 Å². The molecule has 3 N–H and O–H groups in total. The van der Waals surface area contributed by atoms with Crippen LogP contribution in [0.15, 0.2) is 52.8 Å². The molecule has 1 aliphatic heterocycles. The number of aliphatic hydroxyl groups is 1. The highest BCUT2D eigenvalue weighted by molar-refractivity contribution is 5.97. The average Bonchev–Trinajstić information content (AvgIpc) is 2.64. The Balaban J connectivity index is 2.83. The van der Waals surface area contributed by atoms with Crippen LogP contribution in [0.3, 0.4) is 0 Å². The third-order valence-corrected chi connectivity index (χ3v) is 3.93. The fourth-order valence-electron chi connectivity index (χ4n) is 2.50. The second kappa shape index (κ2) is 12.3. The number of allylic oxidation sites excluding steroid dienone is 4. The predicted molar refractivity (Wildman–Crippen MR) is 109 cm³/mol. The highest BCUT2D eigenvalue weighted by Gasteiger charge is 2.18. The summed E-state index contributed by atoms with van der Waals surface area (Å²) in [7, 11) is 3.59. The zero-order valence-corrected chi connectivity index (χ0v) is 17.0. The van der Waals surface area contributed by atoms with Crippen LogP contribution in [-0.4, -0.2) is 61.7 Å². The zero-order chi connectivity index (χ0) is 20.2. The van der Waals surface area contributed by atoms with E-state index in [-0.39, 0.29) is 31.2 Å². The van der Waals surface area contributed by atoms with Gasteiger partial charge in [-0.2, -0.15) is 0 Å². The number of nitrogens with zero attached hydrogens (tertiary/aromatic N) is 2. The van der Waals surface area contributed by atoms with E-state index in [0.717, 1.165) is 17.2 Å². The molecular weight excluding hydrogens is 347 g/mol. The lowest BCUT2D eigenvalue weighted by Gasteiger charge is -2.30. The number of nitrogens with one attached hydrogen (secondary N) is 2. The first-order valence-electron chi connectivity index (χ1n) is 9.25. The third kappa shape index (κ3) is 8.41. The Kier molecular flexibility index (Phi) is 10.4. The smallest absolute Gasteiger partial charge is 0.121 e. The van der Waals surface area contributed by atoms with Crippen LogP contribution < -0.4 is 10.6 Å². The minimum Gasteiger partial charge on any atom is -0.395 e. The van der Waals surface area contributed by atoms with Crippen molar-refractivity contribution in [2.45, 2.75) is 39.3 Å². The summed E-state index contributed by atoms with van der Waals surface area (Å²) in [6.07, 6.45) is 9.18. The van der Waals surface area contributed by atoms with E-state index in [4.69, 9.17) is 4.74 Å². The van der Waals surface area contributed by atoms with Crippen LogP contribution in [0.1, 0.15) is 27.2 Å². The SMILES string of the molecule is CN=C1C=CN(CCO)/C(=C(/NC)NC(C)/C=C\C(F)=C/COC(C)C)C1. The van der Waals surface area contributed by atoms with Crippen LogP contribution in [0.2, 0.25) is 0 Å². The van der Waals surface area contributed by atoms with Gasteiger partial charge in [0.2, 0.25) is 0 Å². The lowest BCUT2D eigenvalue weighted by Crippen LogP contribution is -2.37. The summed E-state index contributed by atoms with van der Waals surface area (Å²) < 4.78 is 19.1. The first kappa shape index (κ1) is 22.9. The summed E-state index contributed by atoms with van der Waals surface area (Å²) in [6.45, 7) is 6.56. The molecule has 0 bridgehead atoms. The van der Waals surface area contributed by atoms with E-state index in [2.05, 4.69) is 15.6 Å². The largest absolute Gasteiger partial charge is 0.395 e. The first-order chi connectivity index (χ1) is 12.9. The maximum absolute atomic E-state index is 13.8. The molecule has 1 atom stereocenters. The van der Waals surface area contributed by atoms with Gasteiger partial charge in [0.25, 0.3) is 0 Å². The number of aliphatic hydroxyl groups excluding tert-OH is 1. The molecule has 7 heteroatoms. The van der Waals surface area contributed by atoms with Crippen LogP contribution in [0, 0.1) is 0 Å². The topological polar surface area (TPSA) is 69.1 Å². The highest BCUT2D eigenvalue weighted by Crippen LogP contribution is 2.19. The molecule has 0 fully saturated rings. The molecule has 0 aliphatic carbocycles. The summed E-state index contributed by atoms with van der Waals surface area (Å²) in [5.74, 6) is 0.490. The average molecular weight is 381 g/mol. The number of hydrogen-bond donors (Lipinski definition) is 3. The second-order valence-electron chi connectivity index (χ2n) is 6.46. The molecule has 0 radical (unpaired) electrons. The monoisotopic (exact) mass is 380 g/mol. The molecule has 6 nitrogen and oxygen atoms in total. The number of halogens is 1. The Morgan fingerprint density at radius 1 is 1.44 bits per heavy atom. The van der Waals surface area contributed by atoms with Crippen LogP contribution in [0.4, 0.5) is 4.39 Å². The minimum absolute atomic E-state index is 0.0490.